The Labute approximate surface area is 190 Å². The van der Waals surface area contributed by atoms with Crippen molar-refractivity contribution in [1.29, 1.82) is 0 Å². The Hall–Kier alpha value is -3.53. The molecule has 0 aromatic carbocycles. The van der Waals surface area contributed by atoms with Crippen molar-refractivity contribution in [1.82, 2.24) is 24.1 Å². The highest BCUT2D eigenvalue weighted by molar-refractivity contribution is 5.98. The molecule has 10 nitrogen and oxygen atoms in total. The fraction of sp³-hybridized carbons (Fsp3) is 0.435. The molecule has 0 spiro atoms. The maximum Gasteiger partial charge on any atom is 0.280 e. The van der Waals surface area contributed by atoms with Crippen LogP contribution in [-0.4, -0.2) is 55.1 Å². The maximum atomic E-state index is 13.4. The number of anilines is 1. The highest BCUT2D eigenvalue weighted by Crippen LogP contribution is 2.25. The van der Waals surface area contributed by atoms with Crippen LogP contribution in [0.15, 0.2) is 29.2 Å². The molecule has 3 aromatic rings. The predicted molar refractivity (Wildman–Crippen MR) is 120 cm³/mol. The fourth-order valence-electron chi connectivity index (χ4n) is 4.45. The Morgan fingerprint density at radius 2 is 2.15 bits per heavy atom. The van der Waals surface area contributed by atoms with Crippen molar-refractivity contribution < 1.29 is 14.3 Å². The molecule has 2 amide bonds. The number of carbonyl (C=O) groups is 2. The van der Waals surface area contributed by atoms with E-state index in [0.29, 0.717) is 42.3 Å². The third-order valence-corrected chi connectivity index (χ3v) is 6.15. The quantitative estimate of drug-likeness (QED) is 0.610. The summed E-state index contributed by atoms with van der Waals surface area (Å²) in [5.41, 5.74) is 2.41. The van der Waals surface area contributed by atoms with Crippen molar-refractivity contribution in [3.63, 3.8) is 0 Å². The molecule has 5 heterocycles. The van der Waals surface area contributed by atoms with Crippen LogP contribution in [-0.2, 0) is 29.0 Å². The molecule has 1 atom stereocenters. The second-order valence-electron chi connectivity index (χ2n) is 8.57. The Kier molecular flexibility index (Phi) is 5.45. The predicted octanol–water partition coefficient (Wildman–Crippen LogP) is 1.54. The molecule has 5 rings (SSSR count). The van der Waals surface area contributed by atoms with E-state index in [1.165, 1.54) is 4.52 Å². The number of aromatic nitrogens is 4. The van der Waals surface area contributed by atoms with Gasteiger partial charge in [0.15, 0.2) is 0 Å². The molecule has 1 N–H and O–H groups in total. The molecule has 1 fully saturated rings. The van der Waals surface area contributed by atoms with Gasteiger partial charge in [0.25, 0.3) is 11.5 Å². The average molecular weight is 450 g/mol. The van der Waals surface area contributed by atoms with E-state index in [1.807, 2.05) is 19.9 Å². The smallest absolute Gasteiger partial charge is 0.280 e. The monoisotopic (exact) mass is 450 g/mol. The van der Waals surface area contributed by atoms with Crippen LogP contribution in [0.3, 0.4) is 0 Å². The van der Waals surface area contributed by atoms with Gasteiger partial charge >= 0.3 is 0 Å². The van der Waals surface area contributed by atoms with Gasteiger partial charge in [-0.25, -0.2) is 4.98 Å². The molecule has 2 aliphatic heterocycles. The van der Waals surface area contributed by atoms with Gasteiger partial charge in [-0.15, -0.1) is 0 Å². The van der Waals surface area contributed by atoms with E-state index >= 15 is 0 Å². The van der Waals surface area contributed by atoms with E-state index < -0.39 is 0 Å². The summed E-state index contributed by atoms with van der Waals surface area (Å²) < 4.78 is 8.59. The molecule has 0 aliphatic carbocycles. The van der Waals surface area contributed by atoms with Gasteiger partial charge < -0.3 is 19.5 Å². The Bertz CT molecular complexity index is 1290. The lowest BCUT2D eigenvalue weighted by atomic mass is 10.2. The van der Waals surface area contributed by atoms with Gasteiger partial charge in [-0.1, -0.05) is 13.0 Å². The first-order valence-corrected chi connectivity index (χ1v) is 11.2. The number of ether oxygens (including phenoxy) is 1. The van der Waals surface area contributed by atoms with E-state index in [9.17, 15) is 14.4 Å². The van der Waals surface area contributed by atoms with Gasteiger partial charge in [-0.05, 0) is 37.8 Å². The largest absolute Gasteiger partial charge is 0.376 e. The minimum atomic E-state index is -0.344. The normalized spacial score (nSPS) is 17.7. The number of carbonyl (C=O) groups excluding carboxylic acids is 2. The lowest BCUT2D eigenvalue weighted by Crippen LogP contribution is -2.33. The van der Waals surface area contributed by atoms with Crippen molar-refractivity contribution in [2.75, 3.05) is 18.5 Å². The van der Waals surface area contributed by atoms with Crippen molar-refractivity contribution in [3.05, 3.63) is 57.3 Å². The van der Waals surface area contributed by atoms with Gasteiger partial charge in [0.1, 0.15) is 23.7 Å². The summed E-state index contributed by atoms with van der Waals surface area (Å²) in [5.74, 6) is -0.183. The number of aryl methyl sites for hydroxylation is 2. The Morgan fingerprint density at radius 1 is 1.30 bits per heavy atom. The van der Waals surface area contributed by atoms with Gasteiger partial charge in [0.05, 0.1) is 23.9 Å². The summed E-state index contributed by atoms with van der Waals surface area (Å²) in [6, 6.07) is 5.34. The molecular formula is C23H26N6O4. The van der Waals surface area contributed by atoms with Crippen molar-refractivity contribution in [3.8, 4) is 0 Å². The van der Waals surface area contributed by atoms with E-state index in [2.05, 4.69) is 15.4 Å². The second-order valence-corrected chi connectivity index (χ2v) is 8.57. The van der Waals surface area contributed by atoms with E-state index in [4.69, 9.17) is 4.74 Å². The van der Waals surface area contributed by atoms with Crippen LogP contribution in [0, 0.1) is 6.92 Å². The molecule has 10 heteroatoms. The van der Waals surface area contributed by atoms with Crippen LogP contribution in [0.1, 0.15) is 47.1 Å². The first-order valence-electron chi connectivity index (χ1n) is 11.2. The van der Waals surface area contributed by atoms with Crippen molar-refractivity contribution in [2.45, 2.75) is 52.3 Å². The summed E-state index contributed by atoms with van der Waals surface area (Å²) in [5, 5.41) is 7.18. The average Bonchev–Trinajstić information content (AvgIpc) is 3.53. The van der Waals surface area contributed by atoms with Crippen molar-refractivity contribution >= 4 is 23.3 Å². The Morgan fingerprint density at radius 3 is 2.85 bits per heavy atom. The summed E-state index contributed by atoms with van der Waals surface area (Å²) in [4.78, 5) is 45.4. The summed E-state index contributed by atoms with van der Waals surface area (Å²) >= 11 is 0. The molecule has 33 heavy (non-hydrogen) atoms. The molecule has 0 bridgehead atoms. The molecular weight excluding hydrogens is 424 g/mol. The van der Waals surface area contributed by atoms with E-state index in [1.54, 1.807) is 27.8 Å². The minimum Gasteiger partial charge on any atom is -0.376 e. The van der Waals surface area contributed by atoms with Gasteiger partial charge in [0, 0.05) is 25.4 Å². The third kappa shape index (κ3) is 3.91. The molecule has 1 unspecified atom stereocenters. The number of nitrogens with one attached hydrogen (secondary N) is 1. The van der Waals surface area contributed by atoms with E-state index in [0.717, 1.165) is 18.4 Å². The SMILES string of the molecule is CCc1cc2n(CC(=O)Nc3ccc(C)cn3)c3c(c(=O)n2n1)CN(CC1CCCO1)C3=O. The highest BCUT2D eigenvalue weighted by atomic mass is 16.5. The van der Waals surface area contributed by atoms with Crippen LogP contribution >= 0.6 is 0 Å². The number of fused-ring (bicyclic) bond motifs is 2. The maximum absolute atomic E-state index is 13.4. The molecule has 1 saturated heterocycles. The van der Waals surface area contributed by atoms with Crippen molar-refractivity contribution in [2.24, 2.45) is 0 Å². The summed E-state index contributed by atoms with van der Waals surface area (Å²) in [6.07, 6.45) is 4.12. The molecule has 2 aliphatic rings. The highest BCUT2D eigenvalue weighted by Gasteiger charge is 2.36. The van der Waals surface area contributed by atoms with Gasteiger partial charge in [-0.2, -0.15) is 9.61 Å². The first kappa shape index (κ1) is 21.3. The number of hydrogen-bond acceptors (Lipinski definition) is 6. The summed E-state index contributed by atoms with van der Waals surface area (Å²) in [6.45, 7) is 5.01. The van der Waals surface area contributed by atoms with Crippen LogP contribution < -0.4 is 10.9 Å². The lowest BCUT2D eigenvalue weighted by Gasteiger charge is -2.19. The minimum absolute atomic E-state index is 0.0292. The molecule has 0 saturated carbocycles. The summed E-state index contributed by atoms with van der Waals surface area (Å²) in [7, 11) is 0. The van der Waals surface area contributed by atoms with E-state index in [-0.39, 0.29) is 42.3 Å². The lowest BCUT2D eigenvalue weighted by molar-refractivity contribution is -0.116. The topological polar surface area (TPSA) is 111 Å². The number of nitrogens with zero attached hydrogens (tertiary/aromatic N) is 5. The zero-order valence-electron chi connectivity index (χ0n) is 18.7. The number of amides is 2. The van der Waals surface area contributed by atoms with Crippen LogP contribution in [0.4, 0.5) is 5.82 Å². The fourth-order valence-corrected chi connectivity index (χ4v) is 4.45. The molecule has 3 aromatic heterocycles. The molecule has 0 radical (unpaired) electrons. The number of hydrogen-bond donors (Lipinski definition) is 1. The standard InChI is InChI=1S/C23H26N6O4/c1-3-15-9-20-28(13-19(30)25-18-7-6-14(2)10-24-18)21-17(22(31)29(20)26-15)12-27(23(21)32)11-16-5-4-8-33-16/h6-7,9-10,16H,3-5,8,11-13H2,1-2H3,(H,24,25,30). The van der Waals surface area contributed by atoms with Gasteiger partial charge in [-0.3, -0.25) is 14.4 Å². The number of pyridine rings is 1. The third-order valence-electron chi connectivity index (χ3n) is 6.15. The first-order chi connectivity index (χ1) is 15.9. The number of rotatable bonds is 6. The van der Waals surface area contributed by atoms with Gasteiger partial charge in [0.2, 0.25) is 5.91 Å². The molecule has 172 valence electrons. The van der Waals surface area contributed by atoms with Crippen LogP contribution in [0.5, 0.6) is 0 Å². The second kappa shape index (κ2) is 8.43. The Balaban J connectivity index is 1.52. The zero-order chi connectivity index (χ0) is 23.1. The van der Waals surface area contributed by atoms with Crippen LogP contribution in [0.2, 0.25) is 0 Å². The zero-order valence-corrected chi connectivity index (χ0v) is 18.7. The van der Waals surface area contributed by atoms with Crippen LogP contribution in [0.25, 0.3) is 5.65 Å².